The molecule has 0 saturated carbocycles. The fraction of sp³-hybridized carbons (Fsp3) is 0.462. The van der Waals surface area contributed by atoms with E-state index in [1.165, 1.54) is 35.9 Å². The Kier molecular flexibility index (Phi) is 10.0. The van der Waals surface area contributed by atoms with Crippen LogP contribution in [0.2, 0.25) is 0 Å². The van der Waals surface area contributed by atoms with Gasteiger partial charge in [0, 0.05) is 21.5 Å². The van der Waals surface area contributed by atoms with Crippen molar-refractivity contribution in [1.82, 2.24) is 0 Å². The molecular weight excluding hydrogens is 408 g/mol. The number of rotatable bonds is 14. The number of hydrogen-bond acceptors (Lipinski definition) is 4. The van der Waals surface area contributed by atoms with Crippen molar-refractivity contribution in [2.45, 2.75) is 39.5 Å². The van der Waals surface area contributed by atoms with Crippen LogP contribution in [0.1, 0.15) is 39.5 Å². The third-order valence-corrected chi connectivity index (χ3v) is 7.07. The lowest BCUT2D eigenvalue weighted by Crippen LogP contribution is -2.03. The van der Waals surface area contributed by atoms with Gasteiger partial charge in [0.25, 0.3) is 0 Å². The van der Waals surface area contributed by atoms with Gasteiger partial charge in [0.15, 0.2) is 0 Å². The van der Waals surface area contributed by atoms with E-state index < -0.39 is 0 Å². The van der Waals surface area contributed by atoms with Gasteiger partial charge in [-0.3, -0.25) is 0 Å². The van der Waals surface area contributed by atoms with E-state index in [4.69, 9.17) is 9.47 Å². The van der Waals surface area contributed by atoms with Crippen molar-refractivity contribution >= 4 is 45.1 Å². The Morgan fingerprint density at radius 3 is 1.27 bits per heavy atom. The summed E-state index contributed by atoms with van der Waals surface area (Å²) in [6.45, 7) is 5.95. The molecule has 0 radical (unpaired) electrons. The first-order valence-corrected chi connectivity index (χ1v) is 13.5. The maximum Gasteiger partial charge on any atom is 0.135 e. The topological polar surface area (TPSA) is 18.5 Å². The van der Waals surface area contributed by atoms with Gasteiger partial charge in [-0.05, 0) is 48.7 Å². The molecule has 0 aliphatic rings. The summed E-state index contributed by atoms with van der Waals surface area (Å²) in [5.41, 5.74) is 0. The second-order valence-electron chi connectivity index (χ2n) is 7.25. The Morgan fingerprint density at radius 2 is 0.933 bits per heavy atom. The van der Waals surface area contributed by atoms with E-state index in [0.717, 1.165) is 59.1 Å². The van der Waals surface area contributed by atoms with Gasteiger partial charge in [0.1, 0.15) is 11.5 Å². The van der Waals surface area contributed by atoms with E-state index in [-0.39, 0.29) is 0 Å². The van der Waals surface area contributed by atoms with Gasteiger partial charge < -0.3 is 9.47 Å². The van der Waals surface area contributed by atoms with Crippen molar-refractivity contribution < 1.29 is 9.47 Å². The van der Waals surface area contributed by atoms with Crippen LogP contribution in [0, 0.1) is 0 Å². The van der Waals surface area contributed by atoms with Crippen LogP contribution in [-0.4, -0.2) is 36.2 Å². The molecule has 0 aromatic heterocycles. The average molecular weight is 443 g/mol. The molecule has 30 heavy (non-hydrogen) atoms. The quantitative estimate of drug-likeness (QED) is 0.187. The van der Waals surface area contributed by atoms with Crippen LogP contribution in [0.3, 0.4) is 0 Å². The Balaban J connectivity index is 1.81. The summed E-state index contributed by atoms with van der Waals surface area (Å²) < 4.78 is 12.7. The van der Waals surface area contributed by atoms with Crippen molar-refractivity contribution in [3.05, 3.63) is 48.5 Å². The number of unbranched alkanes of at least 4 members (excludes halogenated alkanes) is 2. The molecule has 0 atom stereocenters. The Bertz CT molecular complexity index is 779. The van der Waals surface area contributed by atoms with E-state index in [1.54, 1.807) is 0 Å². The number of hydrogen-bond donors (Lipinski definition) is 0. The zero-order chi connectivity index (χ0) is 21.0. The smallest absolute Gasteiger partial charge is 0.135 e. The van der Waals surface area contributed by atoms with E-state index >= 15 is 0 Å². The SMILES string of the molecule is CCSCCCCOc1c2ccccc2c(OCCCCSCC)c2ccccc12. The molecule has 3 aromatic rings. The second-order valence-corrected chi connectivity index (χ2v) is 10.0. The molecule has 0 unspecified atom stereocenters. The normalized spacial score (nSPS) is 11.3. The highest BCUT2D eigenvalue weighted by atomic mass is 32.2. The van der Waals surface area contributed by atoms with Crippen LogP contribution < -0.4 is 9.47 Å². The van der Waals surface area contributed by atoms with Crippen LogP contribution in [0.15, 0.2) is 48.5 Å². The van der Waals surface area contributed by atoms with Gasteiger partial charge in [0.05, 0.1) is 13.2 Å². The largest absolute Gasteiger partial charge is 0.492 e. The third-order valence-electron chi connectivity index (χ3n) is 5.10. The maximum absolute atomic E-state index is 6.37. The Labute approximate surface area is 190 Å². The number of thioether (sulfide) groups is 2. The summed E-state index contributed by atoms with van der Waals surface area (Å²) in [6.07, 6.45) is 4.57. The third kappa shape index (κ3) is 6.24. The van der Waals surface area contributed by atoms with Crippen molar-refractivity contribution in [3.8, 4) is 11.5 Å². The van der Waals surface area contributed by atoms with Crippen LogP contribution in [0.4, 0.5) is 0 Å². The Morgan fingerprint density at radius 1 is 0.567 bits per heavy atom. The molecule has 0 saturated heterocycles. The minimum atomic E-state index is 0.758. The van der Waals surface area contributed by atoms with Gasteiger partial charge in [-0.1, -0.05) is 62.4 Å². The zero-order valence-corrected chi connectivity index (χ0v) is 20.0. The molecule has 162 valence electrons. The van der Waals surface area contributed by atoms with Crippen molar-refractivity contribution in [3.63, 3.8) is 0 Å². The molecule has 4 heteroatoms. The average Bonchev–Trinajstić information content (AvgIpc) is 2.79. The first-order chi connectivity index (χ1) is 14.9. The van der Waals surface area contributed by atoms with Crippen molar-refractivity contribution in [1.29, 1.82) is 0 Å². The molecule has 0 aliphatic carbocycles. The van der Waals surface area contributed by atoms with Gasteiger partial charge in [-0.2, -0.15) is 23.5 Å². The summed E-state index contributed by atoms with van der Waals surface area (Å²) in [4.78, 5) is 0. The van der Waals surface area contributed by atoms with Crippen LogP contribution in [0.5, 0.6) is 11.5 Å². The lowest BCUT2D eigenvalue weighted by Gasteiger charge is -2.18. The summed E-state index contributed by atoms with van der Waals surface area (Å²) in [7, 11) is 0. The summed E-state index contributed by atoms with van der Waals surface area (Å²) in [6, 6.07) is 17.0. The van der Waals surface area contributed by atoms with Gasteiger partial charge in [-0.15, -0.1) is 0 Å². The highest BCUT2D eigenvalue weighted by Gasteiger charge is 2.15. The molecule has 0 fully saturated rings. The lowest BCUT2D eigenvalue weighted by atomic mass is 10.0. The summed E-state index contributed by atoms with van der Waals surface area (Å²) in [5.74, 6) is 6.80. The fourth-order valence-corrected chi connectivity index (χ4v) is 5.00. The van der Waals surface area contributed by atoms with Crippen LogP contribution in [0.25, 0.3) is 21.5 Å². The van der Waals surface area contributed by atoms with Crippen LogP contribution in [-0.2, 0) is 0 Å². The van der Waals surface area contributed by atoms with E-state index in [9.17, 15) is 0 Å². The maximum atomic E-state index is 6.37. The van der Waals surface area contributed by atoms with Gasteiger partial charge >= 0.3 is 0 Å². The van der Waals surface area contributed by atoms with Gasteiger partial charge in [-0.25, -0.2) is 0 Å². The summed E-state index contributed by atoms with van der Waals surface area (Å²) >= 11 is 4.00. The molecule has 0 aliphatic heterocycles. The van der Waals surface area contributed by atoms with E-state index in [2.05, 4.69) is 62.4 Å². The van der Waals surface area contributed by atoms with Gasteiger partial charge in [0.2, 0.25) is 0 Å². The number of benzene rings is 3. The molecule has 0 N–H and O–H groups in total. The highest BCUT2D eigenvalue weighted by Crippen LogP contribution is 2.42. The van der Waals surface area contributed by atoms with Crippen molar-refractivity contribution in [2.75, 3.05) is 36.2 Å². The summed E-state index contributed by atoms with van der Waals surface area (Å²) in [5, 5.41) is 4.60. The first-order valence-electron chi connectivity index (χ1n) is 11.2. The fourth-order valence-electron chi connectivity index (χ4n) is 3.61. The van der Waals surface area contributed by atoms with Crippen LogP contribution >= 0.6 is 23.5 Å². The molecule has 0 amide bonds. The van der Waals surface area contributed by atoms with Crippen molar-refractivity contribution in [2.24, 2.45) is 0 Å². The molecule has 3 aromatic carbocycles. The minimum absolute atomic E-state index is 0.758. The molecule has 0 bridgehead atoms. The molecule has 0 heterocycles. The molecular formula is C26H34O2S2. The number of ether oxygens (including phenoxy) is 2. The highest BCUT2D eigenvalue weighted by molar-refractivity contribution is 7.99. The molecule has 0 spiro atoms. The second kappa shape index (κ2) is 13.0. The molecule has 2 nitrogen and oxygen atoms in total. The predicted molar refractivity (Wildman–Crippen MR) is 137 cm³/mol. The molecule has 3 rings (SSSR count). The minimum Gasteiger partial charge on any atom is -0.492 e. The lowest BCUT2D eigenvalue weighted by molar-refractivity contribution is 0.312. The van der Waals surface area contributed by atoms with E-state index in [0.29, 0.717) is 0 Å². The predicted octanol–water partition coefficient (Wildman–Crippen LogP) is 7.82. The number of fused-ring (bicyclic) bond motifs is 2. The van der Waals surface area contributed by atoms with E-state index in [1.807, 2.05) is 23.5 Å². The Hall–Kier alpha value is -1.52. The monoisotopic (exact) mass is 442 g/mol. The first kappa shape index (κ1) is 23.1. The zero-order valence-electron chi connectivity index (χ0n) is 18.3. The standard InChI is InChI=1S/C26H34O2S2/c1-3-29-19-11-9-17-27-25-21-13-5-7-15-23(21)26(24-16-8-6-14-22(24)25)28-18-10-12-20-30-4-2/h5-8,13-16H,3-4,9-12,17-20H2,1-2H3.